The summed E-state index contributed by atoms with van der Waals surface area (Å²) in [7, 11) is 0. The number of hydrogen-bond donors (Lipinski definition) is 0. The number of aryl methyl sites for hydroxylation is 1. The first-order chi connectivity index (χ1) is 10.1. The Labute approximate surface area is 133 Å². The predicted molar refractivity (Wildman–Crippen MR) is 88.6 cm³/mol. The molecule has 1 aliphatic heterocycles. The molecule has 0 saturated carbocycles. The van der Waals surface area contributed by atoms with Crippen LogP contribution in [0.2, 0.25) is 5.02 Å². The van der Waals surface area contributed by atoms with Gasteiger partial charge in [-0.15, -0.1) is 11.3 Å². The fourth-order valence-electron chi connectivity index (χ4n) is 2.58. The minimum Gasteiger partial charge on any atom is -0.368 e. The van der Waals surface area contributed by atoms with Crippen molar-refractivity contribution in [3.05, 3.63) is 51.2 Å². The number of piperazine rings is 1. The van der Waals surface area contributed by atoms with Crippen molar-refractivity contribution in [3.63, 3.8) is 0 Å². The molecule has 1 fully saturated rings. The molecular weight excluding hydrogens is 304 g/mol. The monoisotopic (exact) mass is 320 g/mol. The molecule has 1 saturated heterocycles. The predicted octanol–water partition coefficient (Wildman–Crippen LogP) is 3.67. The van der Waals surface area contributed by atoms with Gasteiger partial charge in [0.1, 0.15) is 0 Å². The van der Waals surface area contributed by atoms with Gasteiger partial charge in [-0.05, 0) is 42.1 Å². The molecule has 0 bridgehead atoms. The van der Waals surface area contributed by atoms with E-state index < -0.39 is 0 Å². The number of amides is 1. The Bertz CT molecular complexity index is 647. The van der Waals surface area contributed by atoms with E-state index in [9.17, 15) is 4.79 Å². The van der Waals surface area contributed by atoms with Crippen LogP contribution in [0.3, 0.4) is 0 Å². The normalized spacial score (nSPS) is 15.3. The van der Waals surface area contributed by atoms with Gasteiger partial charge in [-0.1, -0.05) is 17.7 Å². The quantitative estimate of drug-likeness (QED) is 0.843. The number of nitrogens with zero attached hydrogens (tertiary/aromatic N) is 2. The zero-order chi connectivity index (χ0) is 14.8. The maximum atomic E-state index is 12.5. The molecule has 0 unspecified atom stereocenters. The lowest BCUT2D eigenvalue weighted by molar-refractivity contribution is 0.0751. The molecule has 2 heterocycles. The molecule has 1 aromatic heterocycles. The topological polar surface area (TPSA) is 23.6 Å². The Morgan fingerprint density at radius 3 is 2.57 bits per heavy atom. The van der Waals surface area contributed by atoms with Crippen LogP contribution in [0.4, 0.5) is 5.69 Å². The van der Waals surface area contributed by atoms with Crippen molar-refractivity contribution < 1.29 is 4.79 Å². The second-order valence-electron chi connectivity index (χ2n) is 5.19. The molecule has 1 aromatic carbocycles. The summed E-state index contributed by atoms with van der Waals surface area (Å²) >= 11 is 7.57. The van der Waals surface area contributed by atoms with Gasteiger partial charge in [-0.2, -0.15) is 0 Å². The molecule has 21 heavy (non-hydrogen) atoms. The molecule has 1 amide bonds. The van der Waals surface area contributed by atoms with Crippen LogP contribution < -0.4 is 4.90 Å². The smallest absolute Gasteiger partial charge is 0.264 e. The third-order valence-electron chi connectivity index (χ3n) is 3.80. The van der Waals surface area contributed by atoms with E-state index in [1.54, 1.807) is 0 Å². The van der Waals surface area contributed by atoms with Crippen molar-refractivity contribution in [1.82, 2.24) is 4.90 Å². The largest absolute Gasteiger partial charge is 0.368 e. The lowest BCUT2D eigenvalue weighted by atomic mass is 10.2. The molecule has 0 N–H and O–H groups in total. The maximum absolute atomic E-state index is 12.5. The average molecular weight is 321 g/mol. The zero-order valence-electron chi connectivity index (χ0n) is 11.9. The third-order valence-corrected chi connectivity index (χ3v) is 5.04. The number of thiophene rings is 1. The SMILES string of the molecule is Cc1ccsc1C(=O)N1CCN(c2cccc(Cl)c2)CC1. The fraction of sp³-hybridized carbons (Fsp3) is 0.312. The van der Waals surface area contributed by atoms with Crippen molar-refractivity contribution >= 4 is 34.5 Å². The van der Waals surface area contributed by atoms with Gasteiger partial charge < -0.3 is 9.80 Å². The molecule has 0 atom stereocenters. The Kier molecular flexibility index (Phi) is 4.17. The highest BCUT2D eigenvalue weighted by Crippen LogP contribution is 2.23. The van der Waals surface area contributed by atoms with Crippen LogP contribution in [-0.2, 0) is 0 Å². The van der Waals surface area contributed by atoms with Gasteiger partial charge in [0.05, 0.1) is 4.88 Å². The summed E-state index contributed by atoms with van der Waals surface area (Å²) in [5.74, 6) is 0.160. The molecule has 2 aromatic rings. The third kappa shape index (κ3) is 3.06. The first-order valence-electron chi connectivity index (χ1n) is 6.99. The van der Waals surface area contributed by atoms with Gasteiger partial charge in [0.25, 0.3) is 5.91 Å². The molecule has 3 rings (SSSR count). The summed E-state index contributed by atoms with van der Waals surface area (Å²) in [6.45, 7) is 5.18. The molecule has 3 nitrogen and oxygen atoms in total. The van der Waals surface area contributed by atoms with Crippen LogP contribution in [-0.4, -0.2) is 37.0 Å². The molecule has 0 radical (unpaired) electrons. The van der Waals surface area contributed by atoms with Crippen LogP contribution in [0.15, 0.2) is 35.7 Å². The number of rotatable bonds is 2. The first-order valence-corrected chi connectivity index (χ1v) is 8.25. The van der Waals surface area contributed by atoms with Gasteiger partial charge in [0.15, 0.2) is 0 Å². The number of hydrogen-bond acceptors (Lipinski definition) is 3. The van der Waals surface area contributed by atoms with Gasteiger partial charge in [0, 0.05) is 36.9 Å². The van der Waals surface area contributed by atoms with Gasteiger partial charge >= 0.3 is 0 Å². The Hall–Kier alpha value is -1.52. The van der Waals surface area contributed by atoms with E-state index in [2.05, 4.69) is 11.0 Å². The van der Waals surface area contributed by atoms with Crippen LogP contribution in [0.25, 0.3) is 0 Å². The van der Waals surface area contributed by atoms with Crippen molar-refractivity contribution in [2.45, 2.75) is 6.92 Å². The van der Waals surface area contributed by atoms with Crippen molar-refractivity contribution in [3.8, 4) is 0 Å². The minimum absolute atomic E-state index is 0.160. The summed E-state index contributed by atoms with van der Waals surface area (Å²) in [6.07, 6.45) is 0. The van der Waals surface area contributed by atoms with Crippen molar-refractivity contribution in [2.24, 2.45) is 0 Å². The zero-order valence-corrected chi connectivity index (χ0v) is 13.5. The van der Waals surface area contributed by atoms with Crippen LogP contribution in [0, 0.1) is 6.92 Å². The Morgan fingerprint density at radius 2 is 1.95 bits per heavy atom. The van der Waals surface area contributed by atoms with Crippen LogP contribution in [0.1, 0.15) is 15.2 Å². The van der Waals surface area contributed by atoms with Gasteiger partial charge in [0.2, 0.25) is 0 Å². The number of anilines is 1. The maximum Gasteiger partial charge on any atom is 0.264 e. The van der Waals surface area contributed by atoms with Crippen LogP contribution in [0.5, 0.6) is 0 Å². The fourth-order valence-corrected chi connectivity index (χ4v) is 3.65. The van der Waals surface area contributed by atoms with E-state index in [1.165, 1.54) is 11.3 Å². The van der Waals surface area contributed by atoms with E-state index >= 15 is 0 Å². The lowest BCUT2D eigenvalue weighted by Gasteiger charge is -2.36. The number of halogens is 1. The second-order valence-corrected chi connectivity index (χ2v) is 6.54. The molecule has 110 valence electrons. The van der Waals surface area contributed by atoms with Crippen molar-refractivity contribution in [2.75, 3.05) is 31.1 Å². The summed E-state index contributed by atoms with van der Waals surface area (Å²) in [4.78, 5) is 17.6. The van der Waals surface area contributed by atoms with E-state index in [-0.39, 0.29) is 5.91 Å². The summed E-state index contributed by atoms with van der Waals surface area (Å²) in [6, 6.07) is 9.88. The first kappa shape index (κ1) is 14.4. The molecule has 5 heteroatoms. The minimum atomic E-state index is 0.160. The van der Waals surface area contributed by atoms with Gasteiger partial charge in [-0.25, -0.2) is 0 Å². The summed E-state index contributed by atoms with van der Waals surface area (Å²) < 4.78 is 0. The summed E-state index contributed by atoms with van der Waals surface area (Å²) in [5, 5.41) is 2.73. The highest BCUT2D eigenvalue weighted by Gasteiger charge is 2.23. The number of carbonyl (C=O) groups is 1. The number of benzene rings is 1. The molecule has 1 aliphatic rings. The van der Waals surface area contributed by atoms with Crippen molar-refractivity contribution in [1.29, 1.82) is 0 Å². The Balaban J connectivity index is 1.65. The molecular formula is C16H17ClN2OS. The van der Waals surface area contributed by atoms with Crippen LogP contribution >= 0.6 is 22.9 Å². The average Bonchev–Trinajstić information content (AvgIpc) is 2.93. The lowest BCUT2D eigenvalue weighted by Crippen LogP contribution is -2.48. The highest BCUT2D eigenvalue weighted by atomic mass is 35.5. The Morgan fingerprint density at radius 1 is 1.19 bits per heavy atom. The second kappa shape index (κ2) is 6.08. The molecule has 0 spiro atoms. The van der Waals surface area contributed by atoms with E-state index in [0.29, 0.717) is 0 Å². The highest BCUT2D eigenvalue weighted by molar-refractivity contribution is 7.12. The van der Waals surface area contributed by atoms with Gasteiger partial charge in [-0.3, -0.25) is 4.79 Å². The summed E-state index contributed by atoms with van der Waals surface area (Å²) in [5.41, 5.74) is 2.20. The van der Waals surface area contributed by atoms with E-state index in [0.717, 1.165) is 47.3 Å². The standard InChI is InChI=1S/C16H17ClN2OS/c1-12-5-10-21-15(12)16(20)19-8-6-18(7-9-19)14-4-2-3-13(17)11-14/h2-5,10-11H,6-9H2,1H3. The molecule has 0 aliphatic carbocycles. The number of carbonyl (C=O) groups excluding carboxylic acids is 1. The van der Waals surface area contributed by atoms with E-state index in [1.807, 2.05) is 41.5 Å². The van der Waals surface area contributed by atoms with E-state index in [4.69, 9.17) is 11.6 Å².